The number of anilines is 1. The van der Waals surface area contributed by atoms with E-state index in [4.69, 9.17) is 9.88 Å². The summed E-state index contributed by atoms with van der Waals surface area (Å²) in [7, 11) is 0. The van der Waals surface area contributed by atoms with E-state index >= 15 is 0 Å². The van der Waals surface area contributed by atoms with Crippen LogP contribution in [0.3, 0.4) is 0 Å². The Labute approximate surface area is 247 Å². The minimum Gasteiger partial charge on any atom is -0.469 e. The van der Waals surface area contributed by atoms with Crippen LogP contribution in [0.5, 0.6) is 5.19 Å². The summed E-state index contributed by atoms with van der Waals surface area (Å²) in [4.78, 5) is 14.5. The summed E-state index contributed by atoms with van der Waals surface area (Å²) >= 11 is 2.39. The van der Waals surface area contributed by atoms with Crippen LogP contribution in [0.15, 0.2) is 71.2 Å². The topological polar surface area (TPSA) is 86.0 Å². The fraction of sp³-hybridized carbons (Fsp3) is 0.367. The predicted molar refractivity (Wildman–Crippen MR) is 161 cm³/mol. The molecule has 218 valence electrons. The summed E-state index contributed by atoms with van der Waals surface area (Å²) in [5, 5.41) is 11.0. The zero-order valence-electron chi connectivity index (χ0n) is 23.1. The molecule has 3 heterocycles. The van der Waals surface area contributed by atoms with E-state index < -0.39 is 18.2 Å². The van der Waals surface area contributed by atoms with Gasteiger partial charge < -0.3 is 10.1 Å². The first-order chi connectivity index (χ1) is 19.7. The zero-order valence-corrected chi connectivity index (χ0v) is 24.7. The number of benzene rings is 1. The molecule has 0 aliphatic carbocycles. The number of nitrogens with zero attached hydrogens (tertiary/aromatic N) is 3. The van der Waals surface area contributed by atoms with Crippen molar-refractivity contribution in [1.82, 2.24) is 15.0 Å². The SMILES string of the molecule is CC(C)(COc1nc(-c2cccnc2-c2ccccc2CCCCCCNc2cc(SN)ccn2)cs1)C(F)(F)F. The van der Waals surface area contributed by atoms with Gasteiger partial charge in [0.05, 0.1) is 16.8 Å². The molecule has 3 aromatic heterocycles. The zero-order chi connectivity index (χ0) is 29.3. The third-order valence-electron chi connectivity index (χ3n) is 6.71. The third kappa shape index (κ3) is 8.43. The normalized spacial score (nSPS) is 12.0. The molecular weight excluding hydrogens is 567 g/mol. The lowest BCUT2D eigenvalue weighted by Crippen LogP contribution is -2.37. The maximum atomic E-state index is 13.2. The Bertz CT molecular complexity index is 1410. The number of aryl methyl sites for hydroxylation is 1. The van der Waals surface area contributed by atoms with Crippen LogP contribution in [0.2, 0.25) is 0 Å². The second kappa shape index (κ2) is 14.2. The molecule has 4 aromatic rings. The highest BCUT2D eigenvalue weighted by atomic mass is 32.2. The molecule has 6 nitrogen and oxygen atoms in total. The van der Waals surface area contributed by atoms with E-state index in [0.717, 1.165) is 80.0 Å². The van der Waals surface area contributed by atoms with Crippen LogP contribution in [-0.2, 0) is 6.42 Å². The molecule has 0 amide bonds. The number of nitrogens with one attached hydrogen (secondary N) is 1. The Morgan fingerprint density at radius 1 is 0.951 bits per heavy atom. The largest absolute Gasteiger partial charge is 0.469 e. The molecule has 0 fully saturated rings. The number of halogens is 3. The monoisotopic (exact) mass is 601 g/mol. The maximum Gasteiger partial charge on any atom is 0.397 e. The fourth-order valence-electron chi connectivity index (χ4n) is 4.16. The van der Waals surface area contributed by atoms with Crippen molar-refractivity contribution in [2.45, 2.75) is 57.0 Å². The minimum absolute atomic E-state index is 0.205. The van der Waals surface area contributed by atoms with Gasteiger partial charge in [0.2, 0.25) is 0 Å². The van der Waals surface area contributed by atoms with Crippen molar-refractivity contribution in [3.8, 4) is 27.7 Å². The molecule has 41 heavy (non-hydrogen) atoms. The van der Waals surface area contributed by atoms with Crippen molar-refractivity contribution in [2.24, 2.45) is 10.6 Å². The highest BCUT2D eigenvalue weighted by Gasteiger charge is 2.48. The van der Waals surface area contributed by atoms with Gasteiger partial charge in [0.1, 0.15) is 12.4 Å². The fourth-order valence-corrected chi connectivity index (χ4v) is 5.15. The molecule has 0 aliphatic heterocycles. The molecule has 11 heteroatoms. The molecule has 0 aliphatic rings. The van der Waals surface area contributed by atoms with Gasteiger partial charge in [-0.1, -0.05) is 48.4 Å². The number of unbranched alkanes of at least 4 members (excludes halogenated alkanes) is 3. The molecule has 0 atom stereocenters. The molecule has 1 aromatic carbocycles. The average Bonchev–Trinajstić information content (AvgIpc) is 3.44. The summed E-state index contributed by atoms with van der Waals surface area (Å²) in [5.74, 6) is 0.837. The Morgan fingerprint density at radius 2 is 1.73 bits per heavy atom. The van der Waals surface area contributed by atoms with Crippen molar-refractivity contribution in [3.63, 3.8) is 0 Å². The molecule has 0 radical (unpaired) electrons. The van der Waals surface area contributed by atoms with E-state index in [0.29, 0.717) is 5.69 Å². The smallest absolute Gasteiger partial charge is 0.397 e. The Morgan fingerprint density at radius 3 is 2.54 bits per heavy atom. The number of rotatable bonds is 14. The first-order valence-corrected chi connectivity index (χ1v) is 15.2. The van der Waals surface area contributed by atoms with Crippen LogP contribution in [0.4, 0.5) is 19.0 Å². The van der Waals surface area contributed by atoms with E-state index in [9.17, 15) is 13.2 Å². The molecule has 4 rings (SSSR count). The van der Waals surface area contributed by atoms with Crippen LogP contribution in [-0.4, -0.2) is 34.3 Å². The van der Waals surface area contributed by atoms with E-state index in [1.807, 2.05) is 36.4 Å². The summed E-state index contributed by atoms with van der Waals surface area (Å²) in [6.07, 6.45) is 4.33. The lowest BCUT2D eigenvalue weighted by atomic mass is 9.94. The third-order valence-corrected chi connectivity index (χ3v) is 7.99. The molecule has 0 unspecified atom stereocenters. The van der Waals surface area contributed by atoms with Crippen LogP contribution in [0, 0.1) is 5.41 Å². The summed E-state index contributed by atoms with van der Waals surface area (Å²) < 4.78 is 45.1. The lowest BCUT2D eigenvalue weighted by Gasteiger charge is -2.26. The molecule has 3 N–H and O–H groups in total. The van der Waals surface area contributed by atoms with Gasteiger partial charge in [0.25, 0.3) is 5.19 Å². The van der Waals surface area contributed by atoms with Gasteiger partial charge in [0, 0.05) is 40.3 Å². The Balaban J connectivity index is 1.35. The van der Waals surface area contributed by atoms with Gasteiger partial charge in [-0.2, -0.15) is 13.2 Å². The van der Waals surface area contributed by atoms with Crippen molar-refractivity contribution in [3.05, 3.63) is 71.9 Å². The first-order valence-electron chi connectivity index (χ1n) is 13.4. The maximum absolute atomic E-state index is 13.2. The van der Waals surface area contributed by atoms with Gasteiger partial charge in [-0.3, -0.25) is 10.1 Å². The van der Waals surface area contributed by atoms with E-state index in [-0.39, 0.29) is 5.19 Å². The van der Waals surface area contributed by atoms with Gasteiger partial charge in [-0.05, 0) is 74.9 Å². The van der Waals surface area contributed by atoms with Crippen molar-refractivity contribution in [1.29, 1.82) is 0 Å². The van der Waals surface area contributed by atoms with Crippen LogP contribution in [0.25, 0.3) is 22.5 Å². The van der Waals surface area contributed by atoms with Crippen LogP contribution < -0.4 is 15.2 Å². The van der Waals surface area contributed by atoms with Crippen molar-refractivity contribution >= 4 is 29.1 Å². The van der Waals surface area contributed by atoms with Gasteiger partial charge in [-0.25, -0.2) is 9.97 Å². The highest BCUT2D eigenvalue weighted by molar-refractivity contribution is 7.97. The number of alkyl halides is 3. The second-order valence-corrected chi connectivity index (χ2v) is 11.8. The Kier molecular flexibility index (Phi) is 10.6. The van der Waals surface area contributed by atoms with E-state index in [1.165, 1.54) is 28.8 Å². The standard InChI is InChI=1S/C30H34F3N5OS2/c1-29(2,30(31,32)33)20-39-28-38-25(19-40-28)24-13-9-16-37-27(24)23-12-7-6-11-21(23)10-5-3-4-8-15-35-26-18-22(41-34)14-17-36-26/h6-7,9,11-14,16-19H,3-5,8,10,15,20,34H2,1-2H3,(H,35,36). The van der Waals surface area contributed by atoms with E-state index in [1.54, 1.807) is 17.8 Å². The first kappa shape index (κ1) is 30.8. The lowest BCUT2D eigenvalue weighted by molar-refractivity contribution is -0.219. The summed E-state index contributed by atoms with van der Waals surface area (Å²) in [6, 6.07) is 15.8. The number of nitrogens with two attached hydrogens (primary N) is 1. The molecular formula is C30H34F3N5OS2. The number of pyridine rings is 2. The number of thiazole rings is 1. The predicted octanol–water partition coefficient (Wildman–Crippen LogP) is 8.42. The van der Waals surface area contributed by atoms with Crippen LogP contribution >= 0.6 is 23.3 Å². The van der Waals surface area contributed by atoms with Gasteiger partial charge >= 0.3 is 6.18 Å². The Hall–Kier alpha value is -3.15. The van der Waals surface area contributed by atoms with Gasteiger partial charge in [-0.15, -0.1) is 0 Å². The van der Waals surface area contributed by atoms with E-state index in [2.05, 4.69) is 32.4 Å². The molecule has 0 saturated heterocycles. The highest BCUT2D eigenvalue weighted by Crippen LogP contribution is 2.39. The van der Waals surface area contributed by atoms with Crippen LogP contribution in [0.1, 0.15) is 45.1 Å². The van der Waals surface area contributed by atoms with Crippen molar-refractivity contribution in [2.75, 3.05) is 18.5 Å². The summed E-state index contributed by atoms with van der Waals surface area (Å²) in [6.45, 7) is 2.59. The molecule has 0 spiro atoms. The summed E-state index contributed by atoms with van der Waals surface area (Å²) in [5.41, 5.74) is 2.50. The van der Waals surface area contributed by atoms with Gasteiger partial charge in [0.15, 0.2) is 0 Å². The number of aromatic nitrogens is 3. The number of hydrogen-bond donors (Lipinski definition) is 2. The number of ether oxygens (including phenoxy) is 1. The minimum atomic E-state index is -4.36. The quantitative estimate of drug-likeness (QED) is 0.111. The molecule has 0 bridgehead atoms. The van der Waals surface area contributed by atoms with Crippen molar-refractivity contribution < 1.29 is 17.9 Å². The average molecular weight is 602 g/mol. The molecule has 0 saturated carbocycles. The second-order valence-electron chi connectivity index (χ2n) is 10.3. The number of hydrogen-bond acceptors (Lipinski definition) is 8.